The standard InChI is InChI=1S/C11H15N3O2S/c1-12-11(17)14-13-7-8-4-9(15-2)6-10(5-8)16-3/h4-7H,1-3H3,(H2,12,14,17)/b13-7+. The Kier molecular flexibility index (Phi) is 5.22. The number of nitrogens with one attached hydrogen (secondary N) is 2. The Labute approximate surface area is 106 Å². The molecule has 0 fully saturated rings. The Bertz CT molecular complexity index is 399. The van der Waals surface area contributed by atoms with Crippen LogP contribution in [0.4, 0.5) is 0 Å². The second-order valence-corrected chi connectivity index (χ2v) is 3.50. The lowest BCUT2D eigenvalue weighted by Crippen LogP contribution is -2.28. The predicted octanol–water partition coefficient (Wildman–Crippen LogP) is 1.13. The van der Waals surface area contributed by atoms with E-state index < -0.39 is 0 Å². The molecule has 0 spiro atoms. The molecule has 0 heterocycles. The summed E-state index contributed by atoms with van der Waals surface area (Å²) in [5.74, 6) is 1.42. The fourth-order valence-electron chi connectivity index (χ4n) is 1.13. The Morgan fingerprint density at radius 1 is 1.24 bits per heavy atom. The number of hydrogen-bond donors (Lipinski definition) is 2. The number of ether oxygens (including phenoxy) is 2. The monoisotopic (exact) mass is 253 g/mol. The van der Waals surface area contributed by atoms with Crippen molar-refractivity contribution in [2.45, 2.75) is 0 Å². The highest BCUT2D eigenvalue weighted by Crippen LogP contribution is 2.21. The van der Waals surface area contributed by atoms with E-state index in [1.165, 1.54) is 0 Å². The number of benzene rings is 1. The number of hydrazone groups is 1. The molecule has 0 aromatic heterocycles. The van der Waals surface area contributed by atoms with Crippen LogP contribution in [0.2, 0.25) is 0 Å². The molecule has 0 atom stereocenters. The highest BCUT2D eigenvalue weighted by Gasteiger charge is 1.99. The van der Waals surface area contributed by atoms with Crippen LogP contribution in [0.5, 0.6) is 11.5 Å². The van der Waals surface area contributed by atoms with Crippen LogP contribution in [-0.4, -0.2) is 32.6 Å². The van der Waals surface area contributed by atoms with Gasteiger partial charge in [-0.3, -0.25) is 5.43 Å². The zero-order valence-electron chi connectivity index (χ0n) is 9.98. The van der Waals surface area contributed by atoms with E-state index in [0.29, 0.717) is 16.6 Å². The molecule has 0 unspecified atom stereocenters. The van der Waals surface area contributed by atoms with Gasteiger partial charge < -0.3 is 14.8 Å². The minimum atomic E-state index is 0.455. The van der Waals surface area contributed by atoms with E-state index in [4.69, 9.17) is 21.7 Å². The van der Waals surface area contributed by atoms with E-state index in [9.17, 15) is 0 Å². The second-order valence-electron chi connectivity index (χ2n) is 3.10. The average Bonchev–Trinajstić information content (AvgIpc) is 2.37. The van der Waals surface area contributed by atoms with Crippen molar-refractivity contribution in [2.24, 2.45) is 5.10 Å². The summed E-state index contributed by atoms with van der Waals surface area (Å²) in [5.41, 5.74) is 3.52. The summed E-state index contributed by atoms with van der Waals surface area (Å²) in [4.78, 5) is 0. The van der Waals surface area contributed by atoms with Gasteiger partial charge in [-0.1, -0.05) is 0 Å². The first kappa shape index (κ1) is 13.2. The minimum Gasteiger partial charge on any atom is -0.497 e. The highest BCUT2D eigenvalue weighted by atomic mass is 32.1. The van der Waals surface area contributed by atoms with Gasteiger partial charge in [0, 0.05) is 18.7 Å². The van der Waals surface area contributed by atoms with Gasteiger partial charge in [0.25, 0.3) is 0 Å². The summed E-state index contributed by atoms with van der Waals surface area (Å²) in [6.45, 7) is 0. The SMILES string of the molecule is CNC(=S)N/N=C/c1cc(OC)cc(OC)c1. The van der Waals surface area contributed by atoms with Crippen LogP contribution in [0.15, 0.2) is 23.3 Å². The number of thiocarbonyl (C=S) groups is 1. The van der Waals surface area contributed by atoms with Gasteiger partial charge in [-0.25, -0.2) is 0 Å². The second kappa shape index (κ2) is 6.70. The molecular formula is C11H15N3O2S. The molecule has 0 aliphatic carbocycles. The number of methoxy groups -OCH3 is 2. The molecule has 1 rings (SSSR count). The topological polar surface area (TPSA) is 54.9 Å². The van der Waals surface area contributed by atoms with Crippen LogP contribution < -0.4 is 20.2 Å². The molecule has 5 nitrogen and oxygen atoms in total. The van der Waals surface area contributed by atoms with Crippen molar-refractivity contribution in [3.8, 4) is 11.5 Å². The Hall–Kier alpha value is -1.82. The predicted molar refractivity (Wildman–Crippen MR) is 71.9 cm³/mol. The Morgan fingerprint density at radius 3 is 2.29 bits per heavy atom. The number of nitrogens with zero attached hydrogens (tertiary/aromatic N) is 1. The molecule has 0 amide bonds. The zero-order valence-corrected chi connectivity index (χ0v) is 10.8. The molecule has 0 aliphatic rings. The van der Waals surface area contributed by atoms with Gasteiger partial charge in [0.1, 0.15) is 11.5 Å². The zero-order chi connectivity index (χ0) is 12.7. The lowest BCUT2D eigenvalue weighted by atomic mass is 10.2. The summed E-state index contributed by atoms with van der Waals surface area (Å²) in [7, 11) is 4.92. The van der Waals surface area contributed by atoms with Crippen molar-refractivity contribution in [3.63, 3.8) is 0 Å². The Balaban J connectivity index is 2.79. The fraction of sp³-hybridized carbons (Fsp3) is 0.273. The van der Waals surface area contributed by atoms with Gasteiger partial charge in [-0.05, 0) is 24.4 Å². The molecule has 0 saturated carbocycles. The lowest BCUT2D eigenvalue weighted by Gasteiger charge is -2.05. The summed E-state index contributed by atoms with van der Waals surface area (Å²) in [6.07, 6.45) is 1.63. The third-order valence-electron chi connectivity index (χ3n) is 1.98. The molecule has 0 radical (unpaired) electrons. The molecule has 0 aliphatic heterocycles. The van der Waals surface area contributed by atoms with Crippen molar-refractivity contribution in [1.29, 1.82) is 0 Å². The smallest absolute Gasteiger partial charge is 0.186 e. The van der Waals surface area contributed by atoms with Gasteiger partial charge in [-0.15, -0.1) is 0 Å². The van der Waals surface area contributed by atoms with E-state index in [-0.39, 0.29) is 0 Å². The van der Waals surface area contributed by atoms with Crippen molar-refractivity contribution >= 4 is 23.5 Å². The maximum absolute atomic E-state index is 5.15. The quantitative estimate of drug-likeness (QED) is 0.478. The average molecular weight is 253 g/mol. The fourth-order valence-corrected chi connectivity index (χ4v) is 1.18. The number of hydrogen-bond acceptors (Lipinski definition) is 4. The van der Waals surface area contributed by atoms with E-state index in [0.717, 1.165) is 5.56 Å². The maximum atomic E-state index is 5.15. The van der Waals surface area contributed by atoms with Crippen molar-refractivity contribution in [1.82, 2.24) is 10.7 Å². The van der Waals surface area contributed by atoms with Gasteiger partial charge in [-0.2, -0.15) is 5.10 Å². The first-order valence-electron chi connectivity index (χ1n) is 4.93. The summed E-state index contributed by atoms with van der Waals surface area (Å²) >= 11 is 4.88. The van der Waals surface area contributed by atoms with E-state index in [1.54, 1.807) is 33.5 Å². The maximum Gasteiger partial charge on any atom is 0.186 e. The molecule has 0 saturated heterocycles. The van der Waals surface area contributed by atoms with Gasteiger partial charge in [0.05, 0.1) is 20.4 Å². The molecule has 2 N–H and O–H groups in total. The third kappa shape index (κ3) is 4.28. The normalized spacial score (nSPS) is 10.1. The van der Waals surface area contributed by atoms with E-state index in [2.05, 4.69) is 15.8 Å². The van der Waals surface area contributed by atoms with Crippen LogP contribution in [-0.2, 0) is 0 Å². The molecule has 6 heteroatoms. The summed E-state index contributed by atoms with van der Waals surface area (Å²) < 4.78 is 10.3. The number of rotatable bonds is 4. The summed E-state index contributed by atoms with van der Waals surface area (Å²) in [6, 6.07) is 5.48. The first-order valence-corrected chi connectivity index (χ1v) is 5.34. The largest absolute Gasteiger partial charge is 0.497 e. The minimum absolute atomic E-state index is 0.455. The van der Waals surface area contributed by atoms with Crippen LogP contribution in [0.3, 0.4) is 0 Å². The molecular weight excluding hydrogens is 238 g/mol. The van der Waals surface area contributed by atoms with Gasteiger partial charge in [0.15, 0.2) is 5.11 Å². The first-order chi connectivity index (χ1) is 8.19. The van der Waals surface area contributed by atoms with Gasteiger partial charge >= 0.3 is 0 Å². The van der Waals surface area contributed by atoms with Crippen LogP contribution >= 0.6 is 12.2 Å². The molecule has 0 bridgehead atoms. The van der Waals surface area contributed by atoms with E-state index in [1.807, 2.05) is 12.1 Å². The van der Waals surface area contributed by atoms with Crippen LogP contribution in [0.25, 0.3) is 0 Å². The lowest BCUT2D eigenvalue weighted by molar-refractivity contribution is 0.394. The van der Waals surface area contributed by atoms with E-state index >= 15 is 0 Å². The molecule has 1 aromatic carbocycles. The molecule has 17 heavy (non-hydrogen) atoms. The third-order valence-corrected chi connectivity index (χ3v) is 2.28. The summed E-state index contributed by atoms with van der Waals surface area (Å²) in [5, 5.41) is 7.18. The van der Waals surface area contributed by atoms with Gasteiger partial charge in [0.2, 0.25) is 0 Å². The van der Waals surface area contributed by atoms with Crippen LogP contribution in [0.1, 0.15) is 5.56 Å². The molecule has 92 valence electrons. The van der Waals surface area contributed by atoms with Crippen molar-refractivity contribution in [3.05, 3.63) is 23.8 Å². The molecule has 1 aromatic rings. The van der Waals surface area contributed by atoms with Crippen molar-refractivity contribution < 1.29 is 9.47 Å². The van der Waals surface area contributed by atoms with Crippen molar-refractivity contribution in [2.75, 3.05) is 21.3 Å². The van der Waals surface area contributed by atoms with Crippen LogP contribution in [0, 0.1) is 0 Å². The Morgan fingerprint density at radius 2 is 1.82 bits per heavy atom. The highest BCUT2D eigenvalue weighted by molar-refractivity contribution is 7.80.